The zero-order valence-electron chi connectivity index (χ0n) is 18.0. The van der Waals surface area contributed by atoms with Gasteiger partial charge in [-0.25, -0.2) is 0 Å². The van der Waals surface area contributed by atoms with E-state index in [1.54, 1.807) is 11.8 Å². The van der Waals surface area contributed by atoms with E-state index in [0.29, 0.717) is 17.9 Å². The number of amides is 2. The normalized spacial score (nSPS) is 11.8. The third-order valence-corrected chi connectivity index (χ3v) is 5.70. The zero-order valence-corrected chi connectivity index (χ0v) is 18.9. The van der Waals surface area contributed by atoms with Gasteiger partial charge < -0.3 is 15.2 Å². The van der Waals surface area contributed by atoms with Crippen LogP contribution in [0.15, 0.2) is 54.7 Å². The molecule has 0 aliphatic heterocycles. The SMILES string of the molecule is CCCn1ccc2cc(NC(=O)C(CCSC)NC(=O)c3cccc([N+](=O)[O-])c3)ccc21. The van der Waals surface area contributed by atoms with Crippen molar-refractivity contribution in [1.29, 1.82) is 0 Å². The van der Waals surface area contributed by atoms with Gasteiger partial charge in [0.2, 0.25) is 5.91 Å². The van der Waals surface area contributed by atoms with Crippen LogP contribution in [0.4, 0.5) is 11.4 Å². The van der Waals surface area contributed by atoms with Gasteiger partial charge in [-0.05, 0) is 55.2 Å². The molecular weight excluding hydrogens is 428 g/mol. The number of nitrogens with one attached hydrogen (secondary N) is 2. The van der Waals surface area contributed by atoms with E-state index in [9.17, 15) is 19.7 Å². The van der Waals surface area contributed by atoms with Crippen LogP contribution in [0.2, 0.25) is 0 Å². The molecule has 2 aromatic carbocycles. The van der Waals surface area contributed by atoms with Crippen LogP contribution in [0, 0.1) is 10.1 Å². The lowest BCUT2D eigenvalue weighted by Gasteiger charge is -2.18. The van der Waals surface area contributed by atoms with Crippen molar-refractivity contribution in [2.24, 2.45) is 0 Å². The maximum Gasteiger partial charge on any atom is 0.270 e. The number of carbonyl (C=O) groups is 2. The van der Waals surface area contributed by atoms with Crippen molar-refractivity contribution in [3.8, 4) is 0 Å². The molecule has 1 unspecified atom stereocenters. The van der Waals surface area contributed by atoms with Gasteiger partial charge >= 0.3 is 0 Å². The van der Waals surface area contributed by atoms with E-state index in [1.807, 2.05) is 36.7 Å². The largest absolute Gasteiger partial charge is 0.347 e. The summed E-state index contributed by atoms with van der Waals surface area (Å²) >= 11 is 1.57. The smallest absolute Gasteiger partial charge is 0.270 e. The van der Waals surface area contributed by atoms with Crippen molar-refractivity contribution in [3.05, 3.63) is 70.4 Å². The fraction of sp³-hybridized carbons (Fsp3) is 0.304. The average molecular weight is 455 g/mol. The Labute approximate surface area is 190 Å². The lowest BCUT2D eigenvalue weighted by atomic mass is 10.1. The van der Waals surface area contributed by atoms with Gasteiger partial charge in [-0.3, -0.25) is 19.7 Å². The zero-order chi connectivity index (χ0) is 23.1. The Morgan fingerprint density at radius 3 is 2.72 bits per heavy atom. The number of fused-ring (bicyclic) bond motifs is 1. The molecule has 0 aliphatic carbocycles. The average Bonchev–Trinajstić information content (AvgIpc) is 3.18. The van der Waals surface area contributed by atoms with Crippen molar-refractivity contribution in [3.63, 3.8) is 0 Å². The number of rotatable bonds is 10. The predicted molar refractivity (Wildman–Crippen MR) is 128 cm³/mol. The minimum Gasteiger partial charge on any atom is -0.347 e. The highest BCUT2D eigenvalue weighted by Gasteiger charge is 2.22. The minimum absolute atomic E-state index is 0.139. The first-order valence-corrected chi connectivity index (χ1v) is 11.8. The topological polar surface area (TPSA) is 106 Å². The third-order valence-electron chi connectivity index (χ3n) is 5.05. The van der Waals surface area contributed by atoms with Crippen LogP contribution in [0.3, 0.4) is 0 Å². The summed E-state index contributed by atoms with van der Waals surface area (Å²) in [5, 5.41) is 17.6. The fourth-order valence-corrected chi connectivity index (χ4v) is 3.92. The lowest BCUT2D eigenvalue weighted by molar-refractivity contribution is -0.384. The van der Waals surface area contributed by atoms with Crippen LogP contribution in [-0.4, -0.2) is 39.4 Å². The van der Waals surface area contributed by atoms with Crippen LogP contribution < -0.4 is 10.6 Å². The van der Waals surface area contributed by atoms with Crippen molar-refractivity contribution < 1.29 is 14.5 Å². The quantitative estimate of drug-likeness (QED) is 0.348. The van der Waals surface area contributed by atoms with Gasteiger partial charge in [-0.2, -0.15) is 11.8 Å². The number of hydrogen-bond acceptors (Lipinski definition) is 5. The molecule has 3 rings (SSSR count). The number of aryl methyl sites for hydroxylation is 1. The van der Waals surface area contributed by atoms with Crippen molar-refractivity contribution in [2.45, 2.75) is 32.4 Å². The van der Waals surface area contributed by atoms with Crippen LogP contribution in [0.25, 0.3) is 10.9 Å². The molecule has 1 atom stereocenters. The van der Waals surface area contributed by atoms with E-state index in [2.05, 4.69) is 22.1 Å². The standard InChI is InChI=1S/C23H26N4O4S/c1-3-11-26-12-9-16-14-18(7-8-21(16)26)24-23(29)20(10-13-32-2)25-22(28)17-5-4-6-19(15-17)27(30)31/h4-9,12,14-15,20H,3,10-11,13H2,1-2H3,(H,24,29)(H,25,28). The Kier molecular flexibility index (Phi) is 7.88. The molecule has 32 heavy (non-hydrogen) atoms. The molecule has 9 heteroatoms. The molecule has 0 saturated heterocycles. The van der Waals surface area contributed by atoms with E-state index in [-0.39, 0.29) is 17.2 Å². The first-order valence-electron chi connectivity index (χ1n) is 10.4. The maximum atomic E-state index is 13.0. The molecule has 2 amide bonds. The number of nitrogens with zero attached hydrogens (tertiary/aromatic N) is 2. The molecule has 0 saturated carbocycles. The van der Waals surface area contributed by atoms with E-state index < -0.39 is 16.9 Å². The van der Waals surface area contributed by atoms with E-state index in [1.165, 1.54) is 24.3 Å². The Morgan fingerprint density at radius 2 is 2.00 bits per heavy atom. The van der Waals surface area contributed by atoms with Crippen LogP contribution in [-0.2, 0) is 11.3 Å². The van der Waals surface area contributed by atoms with Crippen molar-refractivity contribution in [2.75, 3.05) is 17.3 Å². The molecule has 0 radical (unpaired) electrons. The molecule has 0 aliphatic rings. The van der Waals surface area contributed by atoms with Gasteiger partial charge in [-0.1, -0.05) is 13.0 Å². The third kappa shape index (κ3) is 5.67. The number of thioether (sulfide) groups is 1. The van der Waals surface area contributed by atoms with Crippen LogP contribution in [0.5, 0.6) is 0 Å². The van der Waals surface area contributed by atoms with Crippen molar-refractivity contribution >= 4 is 45.9 Å². The second-order valence-electron chi connectivity index (χ2n) is 7.39. The summed E-state index contributed by atoms with van der Waals surface area (Å²) in [5.74, 6) is -0.182. The summed E-state index contributed by atoms with van der Waals surface area (Å²) < 4.78 is 2.17. The Balaban J connectivity index is 1.74. The highest BCUT2D eigenvalue weighted by atomic mass is 32.2. The summed E-state index contributed by atoms with van der Waals surface area (Å²) in [6, 6.07) is 12.4. The number of non-ortho nitro benzene ring substituents is 1. The molecule has 8 nitrogen and oxygen atoms in total. The van der Waals surface area contributed by atoms with Gasteiger partial charge in [-0.15, -0.1) is 0 Å². The first kappa shape index (κ1) is 23.3. The summed E-state index contributed by atoms with van der Waals surface area (Å²) in [4.78, 5) is 36.1. The number of anilines is 1. The second kappa shape index (κ2) is 10.8. The molecule has 3 aromatic rings. The van der Waals surface area contributed by atoms with E-state index >= 15 is 0 Å². The highest BCUT2D eigenvalue weighted by Crippen LogP contribution is 2.21. The molecule has 1 aromatic heterocycles. The fourth-order valence-electron chi connectivity index (χ4n) is 3.45. The van der Waals surface area contributed by atoms with E-state index in [4.69, 9.17) is 0 Å². The number of nitro benzene ring substituents is 1. The molecule has 1 heterocycles. The number of hydrogen-bond donors (Lipinski definition) is 2. The van der Waals surface area contributed by atoms with Gasteiger partial charge in [0.1, 0.15) is 6.04 Å². The molecule has 0 spiro atoms. The Bertz CT molecular complexity index is 1130. The summed E-state index contributed by atoms with van der Waals surface area (Å²) in [7, 11) is 0. The lowest BCUT2D eigenvalue weighted by Crippen LogP contribution is -2.44. The van der Waals surface area contributed by atoms with Crippen LogP contribution in [0.1, 0.15) is 30.1 Å². The first-order chi connectivity index (χ1) is 15.4. The molecular formula is C23H26N4O4S. The molecule has 0 bridgehead atoms. The van der Waals surface area contributed by atoms with Gasteiger partial charge in [0, 0.05) is 47.0 Å². The Hall–Kier alpha value is -3.33. The summed E-state index contributed by atoms with van der Waals surface area (Å²) in [5.41, 5.74) is 1.71. The van der Waals surface area contributed by atoms with Crippen LogP contribution >= 0.6 is 11.8 Å². The molecule has 2 N–H and O–H groups in total. The number of benzene rings is 2. The highest BCUT2D eigenvalue weighted by molar-refractivity contribution is 7.98. The second-order valence-corrected chi connectivity index (χ2v) is 8.37. The van der Waals surface area contributed by atoms with E-state index in [0.717, 1.165) is 23.9 Å². The predicted octanol–water partition coefficient (Wildman–Crippen LogP) is 4.45. The number of nitro groups is 1. The Morgan fingerprint density at radius 1 is 1.19 bits per heavy atom. The van der Waals surface area contributed by atoms with Crippen molar-refractivity contribution in [1.82, 2.24) is 9.88 Å². The van der Waals surface area contributed by atoms with Gasteiger partial charge in [0.25, 0.3) is 11.6 Å². The molecule has 168 valence electrons. The number of aromatic nitrogens is 1. The van der Waals surface area contributed by atoms with Gasteiger partial charge in [0.15, 0.2) is 0 Å². The number of carbonyl (C=O) groups excluding carboxylic acids is 2. The summed E-state index contributed by atoms with van der Waals surface area (Å²) in [6.07, 6.45) is 5.42. The van der Waals surface area contributed by atoms with Gasteiger partial charge in [0.05, 0.1) is 4.92 Å². The maximum absolute atomic E-state index is 13.0. The molecule has 0 fully saturated rings. The summed E-state index contributed by atoms with van der Waals surface area (Å²) in [6.45, 7) is 3.05. The minimum atomic E-state index is -0.769. The monoisotopic (exact) mass is 454 g/mol.